The number of benzene rings is 1. The number of nitrogens with one attached hydrogen (secondary N) is 3. The summed E-state index contributed by atoms with van der Waals surface area (Å²) in [5.74, 6) is 6.51. The molecule has 2 heterocycles. The van der Waals surface area contributed by atoms with E-state index in [4.69, 9.17) is 4.74 Å². The van der Waals surface area contributed by atoms with E-state index in [1.165, 1.54) is 36.0 Å². The topological polar surface area (TPSA) is 102 Å². The summed E-state index contributed by atoms with van der Waals surface area (Å²) in [5.41, 5.74) is 4.25. The van der Waals surface area contributed by atoms with Crippen molar-refractivity contribution in [3.05, 3.63) is 47.4 Å². The minimum Gasteiger partial charge on any atom is -0.495 e. The zero-order valence-corrected chi connectivity index (χ0v) is 23.2. The van der Waals surface area contributed by atoms with Crippen molar-refractivity contribution in [2.24, 2.45) is 11.0 Å². The third-order valence-electron chi connectivity index (χ3n) is 5.31. The van der Waals surface area contributed by atoms with E-state index < -0.39 is 18.4 Å². The number of halogens is 2. The van der Waals surface area contributed by atoms with Gasteiger partial charge in [0.05, 0.1) is 12.8 Å². The smallest absolute Gasteiger partial charge is 0.261 e. The molecule has 2 aliphatic heterocycles. The molecular weight excluding hydrogens is 510 g/mol. The van der Waals surface area contributed by atoms with Gasteiger partial charge in [-0.2, -0.15) is 10.4 Å². The number of alkyl halides is 2. The zero-order chi connectivity index (χ0) is 28.2. The zero-order valence-electron chi connectivity index (χ0n) is 22.4. The first-order chi connectivity index (χ1) is 18.4. The van der Waals surface area contributed by atoms with Gasteiger partial charge in [-0.15, -0.1) is 0 Å². The molecular formula is C27H34F2N6O2S. The fraction of sp³-hybridized carbons (Fsp3) is 0.444. The monoisotopic (exact) mass is 544 g/mol. The Morgan fingerprint density at radius 2 is 1.97 bits per heavy atom. The Hall–Kier alpha value is -3.70. The lowest BCUT2D eigenvalue weighted by atomic mass is 9.93. The summed E-state index contributed by atoms with van der Waals surface area (Å²) in [6, 6.07) is 3.48. The van der Waals surface area contributed by atoms with Crippen molar-refractivity contribution < 1.29 is 18.3 Å². The van der Waals surface area contributed by atoms with E-state index in [0.717, 1.165) is 12.8 Å². The summed E-state index contributed by atoms with van der Waals surface area (Å²) in [7, 11) is 2.97. The minimum absolute atomic E-state index is 0.218. The largest absolute Gasteiger partial charge is 0.495 e. The molecule has 3 aliphatic rings. The first-order valence-electron chi connectivity index (χ1n) is 12.5. The highest BCUT2D eigenvalue weighted by Gasteiger charge is 2.28. The molecule has 8 nitrogen and oxygen atoms in total. The number of amidine groups is 1. The maximum Gasteiger partial charge on any atom is 0.261 e. The van der Waals surface area contributed by atoms with Crippen LogP contribution in [0.5, 0.6) is 0 Å². The number of carbonyl (C=O) groups is 1. The maximum absolute atomic E-state index is 13.4. The molecule has 204 valence electrons. The average molecular weight is 545 g/mol. The summed E-state index contributed by atoms with van der Waals surface area (Å²) in [6.45, 7) is 8.00. The molecule has 0 spiro atoms. The molecule has 0 saturated heterocycles. The Morgan fingerprint density at radius 1 is 1.26 bits per heavy atom. The molecule has 2 atom stereocenters. The van der Waals surface area contributed by atoms with Gasteiger partial charge in [-0.05, 0) is 48.9 Å². The number of thioether (sulfide) groups is 1. The average Bonchev–Trinajstić information content (AvgIpc) is 3.69. The van der Waals surface area contributed by atoms with Crippen molar-refractivity contribution in [2.75, 3.05) is 19.1 Å². The SMILES string of the molecule is CC.CC.COC1=CNC(C(F)F)C=C1c1cc(N(C)C#N)ccc1C(=O)NC1=NNC(C#CC2CC2)S1. The molecule has 0 aromatic heterocycles. The Balaban J connectivity index is 0.00000121. The second-order valence-corrected chi connectivity index (χ2v) is 8.86. The number of allylic oxidation sites excluding steroid dienone is 1. The van der Waals surface area contributed by atoms with Gasteiger partial charge in [0.1, 0.15) is 11.8 Å². The number of methoxy groups -OCH3 is 1. The Kier molecular flexibility index (Phi) is 12.0. The van der Waals surface area contributed by atoms with Crippen LogP contribution in [0.2, 0.25) is 0 Å². The van der Waals surface area contributed by atoms with Crippen LogP contribution < -0.4 is 21.0 Å². The van der Waals surface area contributed by atoms with E-state index in [1.807, 2.05) is 33.9 Å². The van der Waals surface area contributed by atoms with E-state index in [1.54, 1.807) is 25.2 Å². The lowest BCUT2D eigenvalue weighted by Gasteiger charge is -2.24. The molecule has 1 saturated carbocycles. The molecule has 0 radical (unpaired) electrons. The van der Waals surface area contributed by atoms with Crippen LogP contribution in [-0.4, -0.2) is 43.1 Å². The molecule has 4 rings (SSSR count). The van der Waals surface area contributed by atoms with Crippen molar-refractivity contribution in [3.8, 4) is 18.0 Å². The summed E-state index contributed by atoms with van der Waals surface area (Å²) in [6.07, 6.45) is 4.22. The Bertz CT molecular complexity index is 1180. The molecule has 1 aromatic rings. The van der Waals surface area contributed by atoms with Crippen LogP contribution in [0.4, 0.5) is 14.5 Å². The molecule has 1 fully saturated rings. The Labute approximate surface area is 227 Å². The summed E-state index contributed by atoms with van der Waals surface area (Å²) in [5, 5.41) is 18.9. The number of nitriles is 1. The van der Waals surface area contributed by atoms with Crippen LogP contribution in [0.25, 0.3) is 5.57 Å². The van der Waals surface area contributed by atoms with E-state index in [9.17, 15) is 18.8 Å². The third kappa shape index (κ3) is 7.90. The van der Waals surface area contributed by atoms with Gasteiger partial charge in [0, 0.05) is 35.9 Å². The highest BCUT2D eigenvalue weighted by Crippen LogP contribution is 2.33. The number of hydrogen-bond acceptors (Lipinski definition) is 8. The van der Waals surface area contributed by atoms with Gasteiger partial charge in [-0.1, -0.05) is 39.5 Å². The molecule has 2 unspecified atom stereocenters. The van der Waals surface area contributed by atoms with Gasteiger partial charge in [0.2, 0.25) is 0 Å². The van der Waals surface area contributed by atoms with Crippen LogP contribution in [-0.2, 0) is 4.74 Å². The Morgan fingerprint density at radius 3 is 2.58 bits per heavy atom. The minimum atomic E-state index is -2.67. The molecule has 1 aliphatic carbocycles. The molecule has 38 heavy (non-hydrogen) atoms. The molecule has 11 heteroatoms. The number of hydrazone groups is 1. The number of ether oxygens (including phenoxy) is 1. The number of amides is 1. The number of hydrogen-bond donors (Lipinski definition) is 3. The molecule has 1 aromatic carbocycles. The normalized spacial score (nSPS) is 19.1. The van der Waals surface area contributed by atoms with E-state index in [0.29, 0.717) is 27.9 Å². The quantitative estimate of drug-likeness (QED) is 0.277. The number of dihydropyridines is 1. The number of anilines is 1. The summed E-state index contributed by atoms with van der Waals surface area (Å²) >= 11 is 1.29. The number of rotatable bonds is 5. The van der Waals surface area contributed by atoms with Crippen LogP contribution in [0.3, 0.4) is 0 Å². The predicted molar refractivity (Wildman–Crippen MR) is 149 cm³/mol. The van der Waals surface area contributed by atoms with E-state index >= 15 is 0 Å². The van der Waals surface area contributed by atoms with Crippen molar-refractivity contribution in [2.45, 2.75) is 58.4 Å². The lowest BCUT2D eigenvalue weighted by Crippen LogP contribution is -2.33. The third-order valence-corrected chi connectivity index (χ3v) is 6.19. The predicted octanol–water partition coefficient (Wildman–Crippen LogP) is 4.84. The second-order valence-electron chi connectivity index (χ2n) is 7.77. The van der Waals surface area contributed by atoms with Crippen molar-refractivity contribution in [3.63, 3.8) is 0 Å². The van der Waals surface area contributed by atoms with Gasteiger partial charge in [-0.25, -0.2) is 8.78 Å². The van der Waals surface area contributed by atoms with Crippen molar-refractivity contribution >= 4 is 34.1 Å². The number of nitrogens with zero attached hydrogens (tertiary/aromatic N) is 3. The molecule has 1 amide bonds. The standard InChI is InChI=1S/C23H22F2N6O2S.2C2H6/c1-31(12-26)14-6-7-15(16(9-14)17-10-18(21(24)25)27-11-19(17)33-2)22(32)28-23-30-29-20(34-23)8-5-13-3-4-13;2*1-2/h6-7,9-11,13,18,20-21,27,29H,3-4H2,1-2H3,(H,28,30,32);2*1-2H3. The van der Waals surface area contributed by atoms with Crippen LogP contribution in [0.1, 0.15) is 56.5 Å². The highest BCUT2D eigenvalue weighted by atomic mass is 32.2. The molecule has 3 N–H and O–H groups in total. The highest BCUT2D eigenvalue weighted by molar-refractivity contribution is 8.14. The van der Waals surface area contributed by atoms with Gasteiger partial charge in [0.25, 0.3) is 12.3 Å². The number of carbonyl (C=O) groups excluding carboxylic acids is 1. The fourth-order valence-corrected chi connectivity index (χ4v) is 4.01. The first kappa shape index (κ1) is 30.5. The maximum atomic E-state index is 13.4. The van der Waals surface area contributed by atoms with Crippen molar-refractivity contribution in [1.29, 1.82) is 5.26 Å². The van der Waals surface area contributed by atoms with Gasteiger partial charge < -0.3 is 10.1 Å². The van der Waals surface area contributed by atoms with Crippen LogP contribution in [0, 0.1) is 29.2 Å². The van der Waals surface area contributed by atoms with Gasteiger partial charge in [0.15, 0.2) is 16.7 Å². The van der Waals surface area contributed by atoms with E-state index in [-0.39, 0.29) is 16.7 Å². The lowest BCUT2D eigenvalue weighted by molar-refractivity contribution is 0.0977. The van der Waals surface area contributed by atoms with Gasteiger partial charge >= 0.3 is 0 Å². The fourth-order valence-electron chi connectivity index (χ4n) is 3.30. The van der Waals surface area contributed by atoms with E-state index in [2.05, 4.69) is 33.0 Å². The van der Waals surface area contributed by atoms with Crippen LogP contribution >= 0.6 is 11.8 Å². The van der Waals surface area contributed by atoms with Crippen LogP contribution in [0.15, 0.2) is 41.3 Å². The summed E-state index contributed by atoms with van der Waals surface area (Å²) in [4.78, 5) is 14.5. The second kappa shape index (κ2) is 14.9. The molecule has 0 bridgehead atoms. The van der Waals surface area contributed by atoms with Gasteiger partial charge in [-0.3, -0.25) is 20.4 Å². The summed E-state index contributed by atoms with van der Waals surface area (Å²) < 4.78 is 32.3. The van der Waals surface area contributed by atoms with Crippen molar-refractivity contribution in [1.82, 2.24) is 16.1 Å². The first-order valence-corrected chi connectivity index (χ1v) is 13.4.